The molecule has 28 heavy (non-hydrogen) atoms. The van der Waals surface area contributed by atoms with E-state index in [-0.39, 0.29) is 0 Å². The van der Waals surface area contributed by atoms with Crippen LogP contribution in [-0.2, 0) is 10.8 Å². The summed E-state index contributed by atoms with van der Waals surface area (Å²) in [5, 5.41) is -2.07. The van der Waals surface area contributed by atoms with Gasteiger partial charge in [-0.15, -0.1) is 0 Å². The monoisotopic (exact) mass is 406 g/mol. The predicted octanol–water partition coefficient (Wildman–Crippen LogP) is 5.42. The van der Waals surface area contributed by atoms with Crippen molar-refractivity contribution in [2.75, 3.05) is 0 Å². The Kier molecular flexibility index (Phi) is 3.75. The molecule has 3 aromatic rings. The second-order valence-electron chi connectivity index (χ2n) is 6.85. The first-order valence-electron chi connectivity index (χ1n) is 8.51. The summed E-state index contributed by atoms with van der Waals surface area (Å²) in [6.07, 6.45) is 0. The molecule has 142 valence electrons. The lowest BCUT2D eigenvalue weighted by molar-refractivity contribution is 0.366. The largest absolute Gasteiger partial charge is 0.258 e. The Hall–Kier alpha value is -2.54. The fourth-order valence-electron chi connectivity index (χ4n) is 4.41. The van der Waals surface area contributed by atoms with E-state index in [0.717, 1.165) is 11.1 Å². The van der Waals surface area contributed by atoms with Gasteiger partial charge in [-0.2, -0.15) is 0 Å². The van der Waals surface area contributed by atoms with Gasteiger partial charge in [0.25, 0.3) is 0 Å². The SMILES string of the molecule is O=S1C2c3ccccc3C(c3ccccc32)C1c1c(F)c(F)c(F)c(F)c1F. The molecule has 1 aliphatic carbocycles. The van der Waals surface area contributed by atoms with Crippen molar-refractivity contribution in [3.63, 3.8) is 0 Å². The van der Waals surface area contributed by atoms with E-state index in [1.54, 1.807) is 48.5 Å². The molecule has 1 nitrogen and oxygen atoms in total. The molecule has 0 saturated heterocycles. The van der Waals surface area contributed by atoms with Crippen LogP contribution in [0.5, 0.6) is 0 Å². The molecule has 0 aromatic heterocycles. The molecule has 0 fully saturated rings. The number of halogens is 5. The molecule has 0 spiro atoms. The summed E-state index contributed by atoms with van der Waals surface area (Å²) in [4.78, 5) is 0. The highest BCUT2D eigenvalue weighted by Gasteiger charge is 2.51. The quantitative estimate of drug-likeness (QED) is 0.300. The zero-order valence-corrected chi connectivity index (χ0v) is 14.9. The normalized spacial score (nSPS) is 24.8. The third-order valence-corrected chi connectivity index (χ3v) is 7.52. The van der Waals surface area contributed by atoms with Crippen molar-refractivity contribution >= 4 is 10.8 Å². The van der Waals surface area contributed by atoms with Crippen LogP contribution in [-0.4, -0.2) is 4.21 Å². The number of hydrogen-bond acceptors (Lipinski definition) is 1. The Labute approximate surface area is 159 Å². The summed E-state index contributed by atoms with van der Waals surface area (Å²) in [6, 6.07) is 14.1. The Balaban J connectivity index is 1.85. The fraction of sp³-hybridized carbons (Fsp3) is 0.143. The number of rotatable bonds is 1. The summed E-state index contributed by atoms with van der Waals surface area (Å²) < 4.78 is 83.8. The van der Waals surface area contributed by atoms with Crippen LogP contribution in [0.15, 0.2) is 48.5 Å². The van der Waals surface area contributed by atoms with E-state index < -0.39 is 61.9 Å². The van der Waals surface area contributed by atoms with E-state index in [4.69, 9.17) is 0 Å². The molecule has 2 unspecified atom stereocenters. The maximum atomic E-state index is 14.6. The topological polar surface area (TPSA) is 17.1 Å². The molecule has 6 rings (SSSR count). The van der Waals surface area contributed by atoms with Gasteiger partial charge in [-0.05, 0) is 22.3 Å². The highest BCUT2D eigenvalue weighted by Crippen LogP contribution is 2.59. The molecule has 7 heteroatoms. The van der Waals surface area contributed by atoms with Gasteiger partial charge in [0.2, 0.25) is 5.82 Å². The minimum Gasteiger partial charge on any atom is -0.258 e. The minimum absolute atomic E-state index is 0.694. The van der Waals surface area contributed by atoms with Gasteiger partial charge in [0, 0.05) is 22.3 Å². The van der Waals surface area contributed by atoms with Crippen LogP contribution in [0.2, 0.25) is 0 Å². The van der Waals surface area contributed by atoms with Crippen molar-refractivity contribution in [3.05, 3.63) is 105 Å². The molecule has 0 N–H and O–H groups in total. The molecule has 3 aliphatic rings. The summed E-state index contributed by atoms with van der Waals surface area (Å²) in [5.74, 6) is -10.9. The maximum absolute atomic E-state index is 14.6. The van der Waals surface area contributed by atoms with Crippen molar-refractivity contribution in [1.82, 2.24) is 0 Å². The highest BCUT2D eigenvalue weighted by atomic mass is 32.2. The Bertz CT molecular complexity index is 1100. The first kappa shape index (κ1) is 17.6. The lowest BCUT2D eigenvalue weighted by atomic mass is 9.74. The second-order valence-corrected chi connectivity index (χ2v) is 8.48. The van der Waals surface area contributed by atoms with E-state index in [9.17, 15) is 26.2 Å². The van der Waals surface area contributed by atoms with Gasteiger partial charge < -0.3 is 0 Å². The van der Waals surface area contributed by atoms with Crippen LogP contribution in [0.1, 0.15) is 44.2 Å². The molecule has 2 bridgehead atoms. The zero-order valence-electron chi connectivity index (χ0n) is 14.1. The van der Waals surface area contributed by atoms with Crippen molar-refractivity contribution in [1.29, 1.82) is 0 Å². The van der Waals surface area contributed by atoms with Crippen LogP contribution >= 0.6 is 0 Å². The summed E-state index contributed by atoms with van der Waals surface area (Å²) >= 11 is 0. The van der Waals surface area contributed by atoms with Crippen LogP contribution in [0.25, 0.3) is 0 Å². The lowest BCUT2D eigenvalue weighted by Gasteiger charge is -2.44. The van der Waals surface area contributed by atoms with E-state index in [1.807, 2.05) is 0 Å². The van der Waals surface area contributed by atoms with E-state index in [1.165, 1.54) is 0 Å². The summed E-state index contributed by atoms with van der Waals surface area (Å²) in [6.45, 7) is 0. The number of benzene rings is 3. The van der Waals surface area contributed by atoms with Gasteiger partial charge >= 0.3 is 0 Å². The smallest absolute Gasteiger partial charge is 0.200 e. The highest BCUT2D eigenvalue weighted by molar-refractivity contribution is 7.86. The first-order valence-corrected chi connectivity index (χ1v) is 9.79. The lowest BCUT2D eigenvalue weighted by Crippen LogP contribution is -2.36. The summed E-state index contributed by atoms with van der Waals surface area (Å²) in [7, 11) is -1.92. The van der Waals surface area contributed by atoms with Crippen molar-refractivity contribution < 1.29 is 26.2 Å². The maximum Gasteiger partial charge on any atom is 0.200 e. The molecule has 0 amide bonds. The Morgan fingerprint density at radius 3 is 1.46 bits per heavy atom. The van der Waals surface area contributed by atoms with Crippen LogP contribution < -0.4 is 0 Å². The average molecular weight is 406 g/mol. The van der Waals surface area contributed by atoms with Gasteiger partial charge in [0.1, 0.15) is 0 Å². The number of fused-ring (bicyclic) bond motifs is 1. The van der Waals surface area contributed by atoms with Crippen LogP contribution in [0, 0.1) is 29.1 Å². The summed E-state index contributed by atoms with van der Waals surface area (Å²) in [5.41, 5.74) is 1.89. The van der Waals surface area contributed by atoms with Gasteiger partial charge in [-0.3, -0.25) is 4.21 Å². The minimum atomic E-state index is -2.22. The van der Waals surface area contributed by atoms with Crippen LogP contribution in [0.4, 0.5) is 22.0 Å². The standard InChI is InChI=1S/C21H11F5OS/c22-15-14(16(23)18(25)19(26)17(15)24)21-13-9-5-1-3-7-11(9)20(28(21)27)12-8-4-2-6-10(12)13/h1-8,13,20-21H. The predicted molar refractivity (Wildman–Crippen MR) is 93.7 cm³/mol. The molecule has 0 radical (unpaired) electrons. The fourth-order valence-corrected chi connectivity index (χ4v) is 6.64. The van der Waals surface area contributed by atoms with E-state index in [0.29, 0.717) is 11.1 Å². The molecule has 2 aliphatic heterocycles. The third-order valence-electron chi connectivity index (χ3n) is 5.54. The molecule has 3 aromatic carbocycles. The van der Waals surface area contributed by atoms with Gasteiger partial charge in [0.05, 0.1) is 10.5 Å². The van der Waals surface area contributed by atoms with Gasteiger partial charge in [0.15, 0.2) is 23.3 Å². The van der Waals surface area contributed by atoms with Crippen molar-refractivity contribution in [2.24, 2.45) is 0 Å². The number of hydrogen-bond donors (Lipinski definition) is 0. The van der Waals surface area contributed by atoms with Gasteiger partial charge in [-0.25, -0.2) is 22.0 Å². The second kappa shape index (κ2) is 5.98. The molecular formula is C21H11F5OS. The van der Waals surface area contributed by atoms with Gasteiger partial charge in [-0.1, -0.05) is 48.5 Å². The van der Waals surface area contributed by atoms with Crippen molar-refractivity contribution in [3.8, 4) is 0 Å². The van der Waals surface area contributed by atoms with E-state index >= 15 is 0 Å². The molecule has 0 saturated carbocycles. The average Bonchev–Trinajstić information content (AvgIpc) is 2.72. The van der Waals surface area contributed by atoms with Crippen LogP contribution in [0.3, 0.4) is 0 Å². The molecule has 2 heterocycles. The Morgan fingerprint density at radius 2 is 1.00 bits per heavy atom. The third kappa shape index (κ3) is 2.08. The zero-order chi connectivity index (χ0) is 19.7. The molecule has 2 atom stereocenters. The first-order chi connectivity index (χ1) is 13.4. The Morgan fingerprint density at radius 1 is 0.607 bits per heavy atom. The molecular weight excluding hydrogens is 395 g/mol. The van der Waals surface area contributed by atoms with E-state index in [2.05, 4.69) is 0 Å². The van der Waals surface area contributed by atoms with Crippen molar-refractivity contribution in [2.45, 2.75) is 16.4 Å².